The van der Waals surface area contributed by atoms with Gasteiger partial charge in [0.05, 0.1) is 17.6 Å². The fraction of sp³-hybridized carbons (Fsp3) is 0.462. The summed E-state index contributed by atoms with van der Waals surface area (Å²) in [7, 11) is 1.21. The molecule has 3 aromatic rings. The molecule has 12 heteroatoms. The number of piperidine rings is 1. The van der Waals surface area contributed by atoms with Gasteiger partial charge < -0.3 is 14.7 Å². The molecule has 2 aliphatic heterocycles. The van der Waals surface area contributed by atoms with Crippen LogP contribution in [-0.4, -0.2) is 69.1 Å². The largest absolute Gasteiger partial charge is 0.413 e. The fourth-order valence-corrected chi connectivity index (χ4v) is 5.70. The number of aryl methyl sites for hydroxylation is 1. The van der Waals surface area contributed by atoms with Gasteiger partial charge in [-0.25, -0.2) is 9.50 Å². The first-order valence-electron chi connectivity index (χ1n) is 12.5. The zero-order valence-corrected chi connectivity index (χ0v) is 21.8. The van der Waals surface area contributed by atoms with Crippen LogP contribution in [0.15, 0.2) is 36.5 Å². The number of benzene rings is 1. The molecule has 1 saturated heterocycles. The molecule has 4 heterocycles. The summed E-state index contributed by atoms with van der Waals surface area (Å²) < 4.78 is 44.5. The van der Waals surface area contributed by atoms with E-state index < -0.39 is 24.0 Å². The third-order valence-electron chi connectivity index (χ3n) is 7.47. The standard InChI is InChI=1S/C26H28ClF3N6O2/c1-16(37)34-12-9-18(10-13-34)25(38)33(2)24(26(28,29)30)17-5-7-19(8-6-17)35-11-3-4-20-21(35)15-31-23-14-22(27)32-36(20)23/h5-8,14-15,18,24H,3-4,9-13H2,1-2H3/t24-/m0/s1. The minimum absolute atomic E-state index is 0.0112. The highest BCUT2D eigenvalue weighted by Gasteiger charge is 2.46. The van der Waals surface area contributed by atoms with Crippen molar-refractivity contribution in [2.24, 2.45) is 5.92 Å². The number of rotatable bonds is 4. The first-order chi connectivity index (χ1) is 18.0. The number of fused-ring (bicyclic) bond motifs is 3. The molecular formula is C26H28ClF3N6O2. The number of hydrogen-bond donors (Lipinski definition) is 0. The second kappa shape index (κ2) is 10.1. The van der Waals surface area contributed by atoms with Crippen LogP contribution in [0.25, 0.3) is 5.65 Å². The molecule has 202 valence electrons. The summed E-state index contributed by atoms with van der Waals surface area (Å²) in [6, 6.07) is 5.76. The van der Waals surface area contributed by atoms with E-state index in [4.69, 9.17) is 11.6 Å². The Hall–Kier alpha value is -3.34. The summed E-state index contributed by atoms with van der Waals surface area (Å²) in [5.74, 6) is -1.20. The molecule has 2 aromatic heterocycles. The van der Waals surface area contributed by atoms with Gasteiger partial charge in [-0.3, -0.25) is 9.59 Å². The van der Waals surface area contributed by atoms with Crippen molar-refractivity contribution >= 4 is 40.4 Å². The van der Waals surface area contributed by atoms with E-state index in [0.29, 0.717) is 43.3 Å². The Morgan fingerprint density at radius 1 is 1.13 bits per heavy atom. The number of anilines is 2. The van der Waals surface area contributed by atoms with Gasteiger partial charge in [0.1, 0.15) is 0 Å². The van der Waals surface area contributed by atoms with E-state index in [1.165, 1.54) is 26.1 Å². The lowest BCUT2D eigenvalue weighted by molar-refractivity contribution is -0.191. The van der Waals surface area contributed by atoms with Crippen molar-refractivity contribution in [1.82, 2.24) is 24.4 Å². The molecule has 0 aliphatic carbocycles. The highest BCUT2D eigenvalue weighted by atomic mass is 35.5. The Labute approximate surface area is 223 Å². The van der Waals surface area contributed by atoms with Crippen molar-refractivity contribution < 1.29 is 22.8 Å². The maximum Gasteiger partial charge on any atom is 0.413 e. The maximum absolute atomic E-state index is 14.3. The van der Waals surface area contributed by atoms with Gasteiger partial charge in [-0.1, -0.05) is 23.7 Å². The van der Waals surface area contributed by atoms with Crippen LogP contribution < -0.4 is 4.90 Å². The van der Waals surface area contributed by atoms with E-state index >= 15 is 0 Å². The zero-order valence-electron chi connectivity index (χ0n) is 21.1. The molecule has 0 N–H and O–H groups in total. The van der Waals surface area contributed by atoms with E-state index in [1.54, 1.807) is 33.8 Å². The van der Waals surface area contributed by atoms with Crippen LogP contribution in [0.4, 0.5) is 24.5 Å². The van der Waals surface area contributed by atoms with Crippen LogP contribution in [0.3, 0.4) is 0 Å². The SMILES string of the molecule is CC(=O)N1CCC(C(=O)N(C)[C@@H](c2ccc(N3CCCc4c3cnc3cc(Cl)nn43)cc2)C(F)(F)F)CC1. The molecule has 0 unspecified atom stereocenters. The summed E-state index contributed by atoms with van der Waals surface area (Å²) in [5.41, 5.74) is 3.11. The Bertz CT molecular complexity index is 1350. The van der Waals surface area contributed by atoms with Gasteiger partial charge >= 0.3 is 6.18 Å². The average molecular weight is 549 g/mol. The molecule has 0 radical (unpaired) electrons. The number of amides is 2. The summed E-state index contributed by atoms with van der Waals surface area (Å²) >= 11 is 6.06. The van der Waals surface area contributed by atoms with E-state index in [9.17, 15) is 22.8 Å². The number of hydrogen-bond acceptors (Lipinski definition) is 5. The Morgan fingerprint density at radius 2 is 1.82 bits per heavy atom. The lowest BCUT2D eigenvalue weighted by atomic mass is 9.93. The number of halogens is 4. The van der Waals surface area contributed by atoms with Crippen LogP contribution in [-0.2, 0) is 16.0 Å². The molecule has 1 fully saturated rings. The monoisotopic (exact) mass is 548 g/mol. The molecule has 2 amide bonds. The van der Waals surface area contributed by atoms with Crippen LogP contribution in [0, 0.1) is 5.92 Å². The smallest absolute Gasteiger partial charge is 0.343 e. The topological polar surface area (TPSA) is 74.1 Å². The summed E-state index contributed by atoms with van der Waals surface area (Å²) in [4.78, 5) is 33.5. The van der Waals surface area contributed by atoms with E-state index in [-0.39, 0.29) is 11.5 Å². The van der Waals surface area contributed by atoms with Crippen molar-refractivity contribution in [2.75, 3.05) is 31.6 Å². The quantitative estimate of drug-likeness (QED) is 0.469. The number of likely N-dealkylation sites (tertiary alicyclic amines) is 1. The van der Waals surface area contributed by atoms with Crippen molar-refractivity contribution in [3.05, 3.63) is 52.9 Å². The van der Waals surface area contributed by atoms with Crippen molar-refractivity contribution in [3.63, 3.8) is 0 Å². The predicted octanol–water partition coefficient (Wildman–Crippen LogP) is 4.79. The lowest BCUT2D eigenvalue weighted by Crippen LogP contribution is -2.46. The van der Waals surface area contributed by atoms with E-state index in [2.05, 4.69) is 10.1 Å². The van der Waals surface area contributed by atoms with Crippen molar-refractivity contribution in [3.8, 4) is 0 Å². The van der Waals surface area contributed by atoms with Gasteiger partial charge in [0.2, 0.25) is 11.8 Å². The molecule has 38 heavy (non-hydrogen) atoms. The molecule has 5 rings (SSSR count). The average Bonchev–Trinajstić information content (AvgIpc) is 3.28. The minimum atomic E-state index is -4.65. The van der Waals surface area contributed by atoms with Gasteiger partial charge in [-0.15, -0.1) is 0 Å². The third-order valence-corrected chi connectivity index (χ3v) is 7.66. The van der Waals surface area contributed by atoms with E-state index in [1.807, 2.05) is 4.90 Å². The van der Waals surface area contributed by atoms with Gasteiger partial charge in [-0.05, 0) is 43.4 Å². The van der Waals surface area contributed by atoms with Crippen molar-refractivity contribution in [2.45, 2.75) is 44.8 Å². The van der Waals surface area contributed by atoms with Gasteiger partial charge in [0.25, 0.3) is 0 Å². The molecular weight excluding hydrogens is 521 g/mol. The highest BCUT2D eigenvalue weighted by Crippen LogP contribution is 2.40. The molecule has 0 saturated carbocycles. The predicted molar refractivity (Wildman–Crippen MR) is 136 cm³/mol. The summed E-state index contributed by atoms with van der Waals surface area (Å²) in [6.07, 6.45) is -0.616. The molecule has 0 bridgehead atoms. The number of carbonyl (C=O) groups excluding carboxylic acids is 2. The first-order valence-corrected chi connectivity index (χ1v) is 12.9. The lowest BCUT2D eigenvalue weighted by Gasteiger charge is -2.36. The number of aromatic nitrogens is 3. The van der Waals surface area contributed by atoms with E-state index in [0.717, 1.165) is 34.8 Å². The molecule has 0 spiro atoms. The van der Waals surface area contributed by atoms with Crippen LogP contribution >= 0.6 is 11.6 Å². The zero-order chi connectivity index (χ0) is 27.2. The summed E-state index contributed by atoms with van der Waals surface area (Å²) in [5, 5.41) is 4.66. The molecule has 1 aromatic carbocycles. The Morgan fingerprint density at radius 3 is 2.45 bits per heavy atom. The van der Waals surface area contributed by atoms with Gasteiger partial charge in [0.15, 0.2) is 16.8 Å². The number of nitrogens with zero attached hydrogens (tertiary/aromatic N) is 6. The summed E-state index contributed by atoms with van der Waals surface area (Å²) in [6.45, 7) is 2.86. The van der Waals surface area contributed by atoms with Crippen LogP contribution in [0.1, 0.15) is 43.5 Å². The molecule has 1 atom stereocenters. The first kappa shape index (κ1) is 26.3. The maximum atomic E-state index is 14.3. The number of carbonyl (C=O) groups is 2. The van der Waals surface area contributed by atoms with Gasteiger partial charge in [-0.2, -0.15) is 18.3 Å². The van der Waals surface area contributed by atoms with Crippen LogP contribution in [0.5, 0.6) is 0 Å². The van der Waals surface area contributed by atoms with Crippen molar-refractivity contribution in [1.29, 1.82) is 0 Å². The minimum Gasteiger partial charge on any atom is -0.343 e. The Balaban J connectivity index is 1.38. The highest BCUT2D eigenvalue weighted by molar-refractivity contribution is 6.29. The second-order valence-corrected chi connectivity index (χ2v) is 10.2. The number of alkyl halides is 3. The van der Waals surface area contributed by atoms with Gasteiger partial charge in [0, 0.05) is 51.3 Å². The third kappa shape index (κ3) is 4.91. The normalized spacial score (nSPS) is 17.4. The van der Waals surface area contributed by atoms with Crippen LogP contribution in [0.2, 0.25) is 5.15 Å². The second-order valence-electron chi connectivity index (χ2n) is 9.85. The Kier molecular flexibility index (Phi) is 6.97. The fourth-order valence-electron chi connectivity index (χ4n) is 5.52. The molecule has 8 nitrogen and oxygen atoms in total. The molecule has 2 aliphatic rings.